The van der Waals surface area contributed by atoms with Gasteiger partial charge in [0.2, 0.25) is 0 Å². The average molecular weight is 571 g/mol. The van der Waals surface area contributed by atoms with Crippen molar-refractivity contribution in [3.63, 3.8) is 0 Å². The van der Waals surface area contributed by atoms with Crippen LogP contribution in [0.3, 0.4) is 0 Å². The van der Waals surface area contributed by atoms with Gasteiger partial charge in [0.1, 0.15) is 0 Å². The smallest absolute Gasteiger partial charge is 0.0268 e. The second-order valence-electron chi connectivity index (χ2n) is 13.0. The molecular formula is C39H38S2. The van der Waals surface area contributed by atoms with E-state index in [1.54, 1.807) is 11.1 Å². The quantitative estimate of drug-likeness (QED) is 0.211. The minimum absolute atomic E-state index is 0.105. The van der Waals surface area contributed by atoms with Gasteiger partial charge in [-0.05, 0) is 113 Å². The van der Waals surface area contributed by atoms with Crippen LogP contribution in [0.1, 0.15) is 62.3 Å². The van der Waals surface area contributed by atoms with Crippen LogP contribution in [0.2, 0.25) is 0 Å². The third-order valence-electron chi connectivity index (χ3n) is 9.76. The van der Waals surface area contributed by atoms with E-state index in [2.05, 4.69) is 132 Å². The second kappa shape index (κ2) is 10.1. The highest BCUT2D eigenvalue weighted by atomic mass is 32.2. The van der Waals surface area contributed by atoms with Crippen LogP contribution in [0.5, 0.6) is 0 Å². The van der Waals surface area contributed by atoms with Gasteiger partial charge >= 0.3 is 0 Å². The second-order valence-corrected chi connectivity index (χ2v) is 15.2. The molecule has 0 saturated heterocycles. The maximum absolute atomic E-state index is 2.51. The molecular weight excluding hydrogens is 533 g/mol. The number of fused-ring (bicyclic) bond motifs is 7. The molecule has 206 valence electrons. The van der Waals surface area contributed by atoms with Gasteiger partial charge in [0.25, 0.3) is 0 Å². The Morgan fingerprint density at radius 3 is 1.90 bits per heavy atom. The van der Waals surface area contributed by atoms with E-state index >= 15 is 0 Å². The Hall–Kier alpha value is -2.94. The van der Waals surface area contributed by atoms with Crippen molar-refractivity contribution in [2.24, 2.45) is 11.3 Å². The molecule has 1 spiro atoms. The van der Waals surface area contributed by atoms with Crippen molar-refractivity contribution in [1.82, 2.24) is 0 Å². The number of hydrogen-bond acceptors (Lipinski definition) is 2. The topological polar surface area (TPSA) is 0 Å². The molecule has 2 unspecified atom stereocenters. The van der Waals surface area contributed by atoms with Crippen LogP contribution >= 0.6 is 23.5 Å². The molecule has 41 heavy (non-hydrogen) atoms. The molecule has 2 aliphatic rings. The minimum Gasteiger partial charge on any atom is -0.0886 e. The van der Waals surface area contributed by atoms with Gasteiger partial charge in [-0.1, -0.05) is 117 Å². The molecule has 0 N–H and O–H groups in total. The molecule has 2 heteroatoms. The van der Waals surface area contributed by atoms with Crippen molar-refractivity contribution in [3.8, 4) is 11.1 Å². The lowest BCUT2D eigenvalue weighted by Gasteiger charge is -2.48. The summed E-state index contributed by atoms with van der Waals surface area (Å²) in [6, 6.07) is 36.7. The highest BCUT2D eigenvalue weighted by Crippen LogP contribution is 2.62. The molecule has 1 saturated carbocycles. The maximum Gasteiger partial charge on any atom is 0.0268 e. The van der Waals surface area contributed by atoms with E-state index in [0.29, 0.717) is 11.3 Å². The van der Waals surface area contributed by atoms with E-state index in [9.17, 15) is 0 Å². The summed E-state index contributed by atoms with van der Waals surface area (Å²) in [5.41, 5.74) is 9.19. The zero-order valence-electron chi connectivity index (χ0n) is 24.8. The lowest BCUT2D eigenvalue weighted by Crippen LogP contribution is -2.41. The number of hydrogen-bond donors (Lipinski definition) is 0. The highest BCUT2D eigenvalue weighted by Gasteiger charge is 2.51. The average Bonchev–Trinajstić information content (AvgIpc) is 3.24. The zero-order valence-corrected chi connectivity index (χ0v) is 26.4. The van der Waals surface area contributed by atoms with Crippen LogP contribution in [-0.2, 0) is 5.41 Å². The Balaban J connectivity index is 1.46. The lowest BCUT2D eigenvalue weighted by atomic mass is 9.56. The van der Waals surface area contributed by atoms with Crippen molar-refractivity contribution in [2.75, 3.05) is 0 Å². The Bertz CT molecular complexity index is 1800. The van der Waals surface area contributed by atoms with Crippen molar-refractivity contribution in [2.45, 2.75) is 78.9 Å². The molecule has 1 fully saturated rings. The van der Waals surface area contributed by atoms with Crippen LogP contribution in [0, 0.1) is 25.2 Å². The number of rotatable bonds is 4. The van der Waals surface area contributed by atoms with Gasteiger partial charge in [0, 0.05) is 25.0 Å². The Morgan fingerprint density at radius 1 is 0.634 bits per heavy atom. The van der Waals surface area contributed by atoms with Crippen molar-refractivity contribution in [3.05, 3.63) is 119 Å². The summed E-state index contributed by atoms with van der Waals surface area (Å²) in [6.07, 6.45) is 3.76. The Kier molecular flexibility index (Phi) is 6.64. The molecule has 0 heterocycles. The molecule has 0 aromatic heterocycles. The van der Waals surface area contributed by atoms with Crippen LogP contribution in [0.4, 0.5) is 0 Å². The Labute approximate surface area is 254 Å². The largest absolute Gasteiger partial charge is 0.0886 e. The third kappa shape index (κ3) is 4.46. The van der Waals surface area contributed by atoms with Crippen LogP contribution in [-0.4, -0.2) is 0 Å². The van der Waals surface area contributed by atoms with Gasteiger partial charge in [-0.3, -0.25) is 0 Å². The van der Waals surface area contributed by atoms with Crippen LogP contribution in [0.25, 0.3) is 21.9 Å². The first-order chi connectivity index (χ1) is 19.8. The van der Waals surface area contributed by atoms with E-state index < -0.39 is 0 Å². The van der Waals surface area contributed by atoms with Gasteiger partial charge in [0.15, 0.2) is 0 Å². The van der Waals surface area contributed by atoms with Crippen molar-refractivity contribution < 1.29 is 0 Å². The fourth-order valence-corrected chi connectivity index (χ4v) is 9.81. The highest BCUT2D eigenvalue weighted by molar-refractivity contribution is 8.02. The van der Waals surface area contributed by atoms with E-state index in [1.165, 1.54) is 71.9 Å². The third-order valence-corrected chi connectivity index (χ3v) is 12.4. The summed E-state index contributed by atoms with van der Waals surface area (Å²) in [5, 5.41) is 2.73. The molecule has 2 atom stereocenters. The van der Waals surface area contributed by atoms with E-state index in [4.69, 9.17) is 0 Å². The van der Waals surface area contributed by atoms with Gasteiger partial charge in [-0.2, -0.15) is 0 Å². The standard InChI is InChI=1S/C39H38S2/c1-25-12-6-10-16-33(25)40-35-22-28-18-19-32-37(30(28)23-36(35)41-34-17-11-7-13-26(34)2)29-14-8-9-15-31(29)39(32)21-20-38(4,5)24-27(39)3/h6-19,22-23,27H,20-21,24H2,1-5H3. The monoisotopic (exact) mass is 570 g/mol. The van der Waals surface area contributed by atoms with Gasteiger partial charge < -0.3 is 0 Å². The predicted octanol–water partition coefficient (Wildman–Crippen LogP) is 11.9. The molecule has 0 amide bonds. The van der Waals surface area contributed by atoms with E-state index in [0.717, 1.165) is 0 Å². The molecule has 5 aromatic rings. The van der Waals surface area contributed by atoms with Crippen LogP contribution < -0.4 is 0 Å². The van der Waals surface area contributed by atoms with Crippen molar-refractivity contribution >= 4 is 34.3 Å². The summed E-state index contributed by atoms with van der Waals surface area (Å²) in [4.78, 5) is 5.31. The van der Waals surface area contributed by atoms with Gasteiger partial charge in [-0.25, -0.2) is 0 Å². The number of aryl methyl sites for hydroxylation is 2. The summed E-state index contributed by atoms with van der Waals surface area (Å²) in [6.45, 7) is 11.9. The first-order valence-electron chi connectivity index (χ1n) is 14.9. The fourth-order valence-electron chi connectivity index (χ4n) is 7.65. The van der Waals surface area contributed by atoms with Crippen LogP contribution in [0.15, 0.2) is 117 Å². The normalized spacial score (nSPS) is 20.8. The molecule has 0 nitrogen and oxygen atoms in total. The Morgan fingerprint density at radius 2 is 1.24 bits per heavy atom. The maximum atomic E-state index is 2.51. The van der Waals surface area contributed by atoms with Gasteiger partial charge in [-0.15, -0.1) is 0 Å². The SMILES string of the molecule is Cc1ccccc1Sc1cc2ccc3c(c2cc1Sc1ccccc1C)-c1ccccc1C31CCC(C)(C)CC1C. The summed E-state index contributed by atoms with van der Waals surface area (Å²) < 4.78 is 0. The van der Waals surface area contributed by atoms with E-state index in [-0.39, 0.29) is 5.41 Å². The van der Waals surface area contributed by atoms with E-state index in [1.807, 2.05) is 23.5 Å². The summed E-state index contributed by atoms with van der Waals surface area (Å²) >= 11 is 3.81. The lowest BCUT2D eigenvalue weighted by molar-refractivity contribution is 0.125. The molecule has 0 radical (unpaired) electrons. The fraction of sp³-hybridized carbons (Fsp3) is 0.282. The molecule has 5 aromatic carbocycles. The predicted molar refractivity (Wildman–Crippen MR) is 178 cm³/mol. The molecule has 0 bridgehead atoms. The van der Waals surface area contributed by atoms with Crippen molar-refractivity contribution in [1.29, 1.82) is 0 Å². The first-order valence-corrected chi connectivity index (χ1v) is 16.6. The first kappa shape index (κ1) is 26.9. The minimum atomic E-state index is 0.105. The molecule has 2 aliphatic carbocycles. The zero-order chi connectivity index (χ0) is 28.4. The van der Waals surface area contributed by atoms with Gasteiger partial charge in [0.05, 0.1) is 0 Å². The summed E-state index contributed by atoms with van der Waals surface area (Å²) in [7, 11) is 0. The molecule has 7 rings (SSSR count). The number of benzene rings is 5. The molecule has 0 aliphatic heterocycles. The summed E-state index contributed by atoms with van der Waals surface area (Å²) in [5.74, 6) is 0.600.